The largest absolute Gasteiger partial charge is 0.310 e. The van der Waals surface area contributed by atoms with E-state index in [0.717, 1.165) is 24.3 Å². The molecular formula is C19H24N2. The van der Waals surface area contributed by atoms with Crippen LogP contribution in [0, 0.1) is 17.8 Å². The van der Waals surface area contributed by atoms with E-state index >= 15 is 0 Å². The van der Waals surface area contributed by atoms with Crippen LogP contribution >= 0.6 is 0 Å². The lowest BCUT2D eigenvalue weighted by Crippen LogP contribution is -2.31. The molecule has 1 aromatic heterocycles. The maximum atomic E-state index is 4.51. The molecule has 2 bridgehead atoms. The van der Waals surface area contributed by atoms with Crippen molar-refractivity contribution in [3.05, 3.63) is 42.2 Å². The third-order valence-electron chi connectivity index (χ3n) is 5.68. The molecular weight excluding hydrogens is 256 g/mol. The second kappa shape index (κ2) is 5.42. The van der Waals surface area contributed by atoms with Crippen LogP contribution in [-0.4, -0.2) is 11.5 Å². The fourth-order valence-corrected chi connectivity index (χ4v) is 4.80. The van der Waals surface area contributed by atoms with E-state index in [1.807, 2.05) is 6.20 Å². The van der Waals surface area contributed by atoms with Gasteiger partial charge in [0.05, 0.1) is 0 Å². The number of benzene rings is 1. The lowest BCUT2D eigenvalue weighted by molar-refractivity contribution is 0.254. The van der Waals surface area contributed by atoms with Crippen molar-refractivity contribution in [3.8, 4) is 0 Å². The predicted molar refractivity (Wildman–Crippen MR) is 87.1 cm³/mol. The second-order valence-corrected chi connectivity index (χ2v) is 6.82. The van der Waals surface area contributed by atoms with Gasteiger partial charge < -0.3 is 5.32 Å². The molecule has 1 aromatic carbocycles. The van der Waals surface area contributed by atoms with Crippen LogP contribution in [0.5, 0.6) is 0 Å². The van der Waals surface area contributed by atoms with Crippen molar-refractivity contribution < 1.29 is 0 Å². The average Bonchev–Trinajstić information content (AvgIpc) is 3.15. The van der Waals surface area contributed by atoms with E-state index in [-0.39, 0.29) is 0 Å². The first-order valence-corrected chi connectivity index (χ1v) is 8.43. The Kier molecular flexibility index (Phi) is 3.42. The number of fused-ring (bicyclic) bond motifs is 3. The summed E-state index contributed by atoms with van der Waals surface area (Å²) in [7, 11) is 0. The van der Waals surface area contributed by atoms with Gasteiger partial charge in [-0.3, -0.25) is 4.98 Å². The van der Waals surface area contributed by atoms with Gasteiger partial charge >= 0.3 is 0 Å². The Hall–Kier alpha value is -1.41. The molecule has 0 radical (unpaired) electrons. The van der Waals surface area contributed by atoms with E-state index in [0.29, 0.717) is 6.04 Å². The van der Waals surface area contributed by atoms with E-state index in [2.05, 4.69) is 47.7 Å². The minimum absolute atomic E-state index is 0.476. The minimum atomic E-state index is 0.476. The van der Waals surface area contributed by atoms with Crippen molar-refractivity contribution in [1.29, 1.82) is 0 Å². The normalized spacial score (nSPS) is 29.1. The third kappa shape index (κ3) is 2.26. The molecule has 21 heavy (non-hydrogen) atoms. The molecule has 0 spiro atoms. The molecule has 2 aliphatic rings. The van der Waals surface area contributed by atoms with Gasteiger partial charge in [0.2, 0.25) is 0 Å². The minimum Gasteiger partial charge on any atom is -0.310 e. The van der Waals surface area contributed by atoms with Gasteiger partial charge in [0.15, 0.2) is 0 Å². The van der Waals surface area contributed by atoms with Crippen molar-refractivity contribution in [1.82, 2.24) is 10.3 Å². The summed E-state index contributed by atoms with van der Waals surface area (Å²) in [5, 5.41) is 6.42. The monoisotopic (exact) mass is 280 g/mol. The second-order valence-electron chi connectivity index (χ2n) is 6.82. The van der Waals surface area contributed by atoms with Crippen LogP contribution in [0.1, 0.15) is 44.2 Å². The van der Waals surface area contributed by atoms with Gasteiger partial charge in [-0.1, -0.05) is 37.6 Å². The smallest absolute Gasteiger partial charge is 0.0372 e. The van der Waals surface area contributed by atoms with E-state index in [1.54, 1.807) is 0 Å². The Morgan fingerprint density at radius 3 is 2.86 bits per heavy atom. The van der Waals surface area contributed by atoms with Crippen molar-refractivity contribution in [2.45, 2.75) is 38.6 Å². The highest BCUT2D eigenvalue weighted by molar-refractivity contribution is 5.85. The Morgan fingerprint density at radius 1 is 1.19 bits per heavy atom. The summed E-state index contributed by atoms with van der Waals surface area (Å²) >= 11 is 0. The summed E-state index contributed by atoms with van der Waals surface area (Å²) in [6.07, 6.45) is 9.86. The third-order valence-corrected chi connectivity index (χ3v) is 5.68. The van der Waals surface area contributed by atoms with E-state index in [9.17, 15) is 0 Å². The summed E-state index contributed by atoms with van der Waals surface area (Å²) < 4.78 is 0. The molecule has 4 rings (SSSR count). The maximum Gasteiger partial charge on any atom is 0.0372 e. The highest BCUT2D eigenvalue weighted by atomic mass is 14.9. The highest BCUT2D eigenvalue weighted by Gasteiger charge is 2.43. The molecule has 2 heteroatoms. The summed E-state index contributed by atoms with van der Waals surface area (Å²) in [6.45, 7) is 3.25. The summed E-state index contributed by atoms with van der Waals surface area (Å²) in [5.74, 6) is 2.72. The number of hydrogen-bond donors (Lipinski definition) is 1. The molecule has 2 saturated carbocycles. The SMILES string of the molecule is CCNC(c1cncc2ccccc12)C1CC2CCC1C2. The molecule has 110 valence electrons. The molecule has 2 aromatic rings. The fourth-order valence-electron chi connectivity index (χ4n) is 4.80. The van der Waals surface area contributed by atoms with Gasteiger partial charge in [-0.25, -0.2) is 0 Å². The number of pyridine rings is 1. The molecule has 0 aliphatic heterocycles. The number of nitrogens with zero attached hydrogens (tertiary/aromatic N) is 1. The van der Waals surface area contributed by atoms with Crippen LogP contribution in [0.15, 0.2) is 36.7 Å². The van der Waals surface area contributed by atoms with Crippen molar-refractivity contribution in [2.75, 3.05) is 6.54 Å². The molecule has 2 nitrogen and oxygen atoms in total. The summed E-state index contributed by atoms with van der Waals surface area (Å²) in [4.78, 5) is 4.51. The number of hydrogen-bond acceptors (Lipinski definition) is 2. The topological polar surface area (TPSA) is 24.9 Å². The van der Waals surface area contributed by atoms with Crippen LogP contribution in [0.3, 0.4) is 0 Å². The van der Waals surface area contributed by atoms with Crippen LogP contribution < -0.4 is 5.32 Å². The zero-order valence-electron chi connectivity index (χ0n) is 12.8. The lowest BCUT2D eigenvalue weighted by atomic mass is 9.80. The van der Waals surface area contributed by atoms with Crippen LogP contribution in [-0.2, 0) is 0 Å². The molecule has 0 saturated heterocycles. The molecule has 4 unspecified atom stereocenters. The molecule has 1 heterocycles. The van der Waals surface area contributed by atoms with Gasteiger partial charge in [-0.2, -0.15) is 0 Å². The number of nitrogens with one attached hydrogen (secondary N) is 1. The van der Waals surface area contributed by atoms with Crippen molar-refractivity contribution >= 4 is 10.8 Å². The number of rotatable bonds is 4. The molecule has 2 fully saturated rings. The Balaban J connectivity index is 1.76. The fraction of sp³-hybridized carbons (Fsp3) is 0.526. The van der Waals surface area contributed by atoms with Crippen LogP contribution in [0.4, 0.5) is 0 Å². The Labute approximate surface area is 127 Å². The van der Waals surface area contributed by atoms with Crippen molar-refractivity contribution in [3.63, 3.8) is 0 Å². The molecule has 1 N–H and O–H groups in total. The quantitative estimate of drug-likeness (QED) is 0.902. The summed E-state index contributed by atoms with van der Waals surface area (Å²) in [5.41, 5.74) is 1.41. The Morgan fingerprint density at radius 2 is 2.10 bits per heavy atom. The summed E-state index contributed by atoms with van der Waals surface area (Å²) in [6, 6.07) is 9.16. The van der Waals surface area contributed by atoms with Gasteiger partial charge in [0.25, 0.3) is 0 Å². The van der Waals surface area contributed by atoms with Crippen LogP contribution in [0.2, 0.25) is 0 Å². The molecule has 4 atom stereocenters. The molecule has 2 aliphatic carbocycles. The first kappa shape index (κ1) is 13.3. The first-order valence-electron chi connectivity index (χ1n) is 8.43. The van der Waals surface area contributed by atoms with Gasteiger partial charge in [0, 0.05) is 23.8 Å². The predicted octanol–water partition coefficient (Wildman–Crippen LogP) is 4.32. The highest BCUT2D eigenvalue weighted by Crippen LogP contribution is 2.53. The van der Waals surface area contributed by atoms with Crippen molar-refractivity contribution in [2.24, 2.45) is 17.8 Å². The van der Waals surface area contributed by atoms with E-state index in [4.69, 9.17) is 0 Å². The maximum absolute atomic E-state index is 4.51. The average molecular weight is 280 g/mol. The zero-order chi connectivity index (χ0) is 14.2. The zero-order valence-corrected chi connectivity index (χ0v) is 12.8. The number of aromatic nitrogens is 1. The lowest BCUT2D eigenvalue weighted by Gasteiger charge is -2.32. The first-order chi connectivity index (χ1) is 10.4. The standard InChI is InChI=1S/C19H24N2/c1-2-21-19(17-10-13-7-8-14(17)9-13)18-12-20-11-15-5-3-4-6-16(15)18/h3-6,11-14,17,19,21H,2,7-10H2,1H3. The van der Waals surface area contributed by atoms with Gasteiger partial charge in [-0.15, -0.1) is 0 Å². The van der Waals surface area contributed by atoms with E-state index < -0.39 is 0 Å². The van der Waals surface area contributed by atoms with Gasteiger partial charge in [-0.05, 0) is 54.5 Å². The Bertz CT molecular complexity index is 631. The molecule has 0 amide bonds. The van der Waals surface area contributed by atoms with E-state index in [1.165, 1.54) is 42.0 Å². The van der Waals surface area contributed by atoms with Gasteiger partial charge in [0.1, 0.15) is 0 Å². The van der Waals surface area contributed by atoms with Crippen LogP contribution in [0.25, 0.3) is 10.8 Å².